The number of fused-ring (bicyclic) bond motifs is 1. The van der Waals surface area contributed by atoms with Gasteiger partial charge in [0.15, 0.2) is 0 Å². The number of benzene rings is 1. The molecule has 0 fully saturated rings. The Bertz CT molecular complexity index is 631. The summed E-state index contributed by atoms with van der Waals surface area (Å²) in [4.78, 5) is 5.45. The second kappa shape index (κ2) is 7.46. The molecule has 1 heterocycles. The Morgan fingerprint density at radius 3 is 2.81 bits per heavy atom. The van der Waals surface area contributed by atoms with Crippen molar-refractivity contribution in [3.63, 3.8) is 0 Å². The molecule has 0 saturated carbocycles. The van der Waals surface area contributed by atoms with E-state index in [1.54, 1.807) is 11.3 Å². The van der Waals surface area contributed by atoms with Gasteiger partial charge >= 0.3 is 0 Å². The zero-order valence-electron chi connectivity index (χ0n) is 13.0. The molecule has 21 heavy (non-hydrogen) atoms. The van der Waals surface area contributed by atoms with Crippen molar-refractivity contribution < 1.29 is 9.84 Å². The van der Waals surface area contributed by atoms with Crippen molar-refractivity contribution in [3.8, 4) is 11.5 Å². The monoisotopic (exact) mass is 305 g/mol. The molecule has 1 N–H and O–H groups in total. The standard InChI is InChI=1S/C17H23NO2S/c1-4-6-7-10-18-12(3)17-16(19)14-11-13(20-5-2)8-9-15(14)21-17/h8-9,11,19H,4-7,10H2,1-3H3. The van der Waals surface area contributed by atoms with E-state index in [0.29, 0.717) is 12.4 Å². The molecule has 0 radical (unpaired) electrons. The predicted molar refractivity (Wildman–Crippen MR) is 91.3 cm³/mol. The van der Waals surface area contributed by atoms with Gasteiger partial charge in [0, 0.05) is 16.6 Å². The fourth-order valence-corrected chi connectivity index (χ4v) is 3.29. The maximum absolute atomic E-state index is 10.4. The Morgan fingerprint density at radius 2 is 2.10 bits per heavy atom. The van der Waals surface area contributed by atoms with E-state index in [9.17, 15) is 5.11 Å². The molecule has 1 aromatic heterocycles. The van der Waals surface area contributed by atoms with Crippen LogP contribution in [0, 0.1) is 0 Å². The Labute approximate surface area is 130 Å². The number of thiophene rings is 1. The highest BCUT2D eigenvalue weighted by Gasteiger charge is 2.14. The molecule has 0 spiro atoms. The van der Waals surface area contributed by atoms with E-state index in [1.165, 1.54) is 12.8 Å². The molecule has 0 atom stereocenters. The van der Waals surface area contributed by atoms with Gasteiger partial charge in [-0.1, -0.05) is 19.8 Å². The van der Waals surface area contributed by atoms with Crippen molar-refractivity contribution in [2.45, 2.75) is 40.0 Å². The molecule has 4 heteroatoms. The van der Waals surface area contributed by atoms with Crippen LogP contribution >= 0.6 is 11.3 Å². The zero-order chi connectivity index (χ0) is 15.2. The van der Waals surface area contributed by atoms with Crippen LogP contribution in [0.4, 0.5) is 0 Å². The van der Waals surface area contributed by atoms with Crippen LogP contribution in [0.25, 0.3) is 10.1 Å². The molecule has 0 saturated heterocycles. The number of ether oxygens (including phenoxy) is 1. The third kappa shape index (κ3) is 3.76. The number of aliphatic imine (C=N–C) groups is 1. The minimum Gasteiger partial charge on any atom is -0.506 e. The van der Waals surface area contributed by atoms with Crippen molar-refractivity contribution in [1.29, 1.82) is 0 Å². The SMILES string of the molecule is CCCCCN=C(C)c1sc2ccc(OCC)cc2c1O. The van der Waals surface area contributed by atoms with Crippen LogP contribution in [0.1, 0.15) is 44.9 Å². The summed E-state index contributed by atoms with van der Waals surface area (Å²) >= 11 is 1.59. The number of unbranched alkanes of at least 4 members (excludes halogenated alkanes) is 2. The second-order valence-corrected chi connectivity index (χ2v) is 6.10. The fraction of sp³-hybridized carbons (Fsp3) is 0.471. The van der Waals surface area contributed by atoms with Crippen molar-refractivity contribution in [1.82, 2.24) is 0 Å². The molecule has 0 aliphatic carbocycles. The van der Waals surface area contributed by atoms with Crippen LogP contribution in [0.5, 0.6) is 11.5 Å². The van der Waals surface area contributed by atoms with Crippen molar-refractivity contribution in [2.24, 2.45) is 4.99 Å². The first-order valence-corrected chi connectivity index (χ1v) is 8.38. The molecule has 0 amide bonds. The first-order chi connectivity index (χ1) is 10.2. The lowest BCUT2D eigenvalue weighted by molar-refractivity contribution is 0.340. The number of hydrogen-bond donors (Lipinski definition) is 1. The largest absolute Gasteiger partial charge is 0.506 e. The van der Waals surface area contributed by atoms with Gasteiger partial charge in [0.2, 0.25) is 0 Å². The average molecular weight is 305 g/mol. The van der Waals surface area contributed by atoms with Gasteiger partial charge in [-0.15, -0.1) is 11.3 Å². The summed E-state index contributed by atoms with van der Waals surface area (Å²) in [5, 5.41) is 11.3. The molecule has 2 aromatic rings. The Morgan fingerprint density at radius 1 is 1.29 bits per heavy atom. The van der Waals surface area contributed by atoms with Gasteiger partial charge < -0.3 is 9.84 Å². The molecule has 3 nitrogen and oxygen atoms in total. The Kier molecular flexibility index (Phi) is 5.62. The summed E-state index contributed by atoms with van der Waals surface area (Å²) in [5.41, 5.74) is 0.919. The van der Waals surface area contributed by atoms with Crippen LogP contribution < -0.4 is 4.74 Å². The lowest BCUT2D eigenvalue weighted by Crippen LogP contribution is -1.94. The summed E-state index contributed by atoms with van der Waals surface area (Å²) in [6, 6.07) is 5.84. The smallest absolute Gasteiger partial charge is 0.143 e. The van der Waals surface area contributed by atoms with E-state index in [-0.39, 0.29) is 0 Å². The van der Waals surface area contributed by atoms with E-state index in [0.717, 1.165) is 39.4 Å². The molecule has 0 aliphatic rings. The minimum absolute atomic E-state index is 0.327. The summed E-state index contributed by atoms with van der Waals surface area (Å²) in [5.74, 6) is 1.12. The van der Waals surface area contributed by atoms with Gasteiger partial charge in [-0.2, -0.15) is 0 Å². The molecular weight excluding hydrogens is 282 g/mol. The summed E-state index contributed by atoms with van der Waals surface area (Å²) < 4.78 is 6.56. The van der Waals surface area contributed by atoms with E-state index < -0.39 is 0 Å². The summed E-state index contributed by atoms with van der Waals surface area (Å²) in [6.45, 7) is 7.57. The highest BCUT2D eigenvalue weighted by atomic mass is 32.1. The van der Waals surface area contributed by atoms with E-state index in [2.05, 4.69) is 11.9 Å². The molecule has 0 unspecified atom stereocenters. The predicted octanol–water partition coefficient (Wildman–Crippen LogP) is 5.00. The zero-order valence-corrected chi connectivity index (χ0v) is 13.8. The van der Waals surface area contributed by atoms with Gasteiger partial charge in [-0.05, 0) is 38.5 Å². The highest BCUT2D eigenvalue weighted by molar-refractivity contribution is 7.21. The topological polar surface area (TPSA) is 41.8 Å². The van der Waals surface area contributed by atoms with Gasteiger partial charge in [0.25, 0.3) is 0 Å². The minimum atomic E-state index is 0.327. The molecular formula is C17H23NO2S. The molecule has 114 valence electrons. The van der Waals surface area contributed by atoms with Crippen LogP contribution in [-0.4, -0.2) is 24.0 Å². The Hall–Kier alpha value is -1.55. The van der Waals surface area contributed by atoms with Crippen LogP contribution in [0.3, 0.4) is 0 Å². The van der Waals surface area contributed by atoms with Gasteiger partial charge in [-0.25, -0.2) is 0 Å². The molecule has 0 aliphatic heterocycles. The molecule has 2 rings (SSSR count). The van der Waals surface area contributed by atoms with E-state index >= 15 is 0 Å². The first-order valence-electron chi connectivity index (χ1n) is 7.57. The Balaban J connectivity index is 2.26. The van der Waals surface area contributed by atoms with E-state index in [4.69, 9.17) is 4.74 Å². The number of nitrogens with zero attached hydrogens (tertiary/aromatic N) is 1. The average Bonchev–Trinajstić information content (AvgIpc) is 2.81. The number of hydrogen-bond acceptors (Lipinski definition) is 4. The summed E-state index contributed by atoms with van der Waals surface area (Å²) in [6.07, 6.45) is 3.50. The van der Waals surface area contributed by atoms with Crippen molar-refractivity contribution in [2.75, 3.05) is 13.2 Å². The highest BCUT2D eigenvalue weighted by Crippen LogP contribution is 2.39. The van der Waals surface area contributed by atoms with Crippen LogP contribution in [0.2, 0.25) is 0 Å². The maximum atomic E-state index is 10.4. The quantitative estimate of drug-likeness (QED) is 0.577. The number of aromatic hydroxyl groups is 1. The third-order valence-electron chi connectivity index (χ3n) is 3.38. The fourth-order valence-electron chi connectivity index (χ4n) is 2.25. The number of rotatable bonds is 7. The normalized spacial score (nSPS) is 12.0. The summed E-state index contributed by atoms with van der Waals surface area (Å²) in [7, 11) is 0. The molecule has 1 aromatic carbocycles. The molecule has 0 bridgehead atoms. The lowest BCUT2D eigenvalue weighted by atomic mass is 10.2. The maximum Gasteiger partial charge on any atom is 0.143 e. The lowest BCUT2D eigenvalue weighted by Gasteiger charge is -2.02. The van der Waals surface area contributed by atoms with Gasteiger partial charge in [-0.3, -0.25) is 4.99 Å². The van der Waals surface area contributed by atoms with Gasteiger partial charge in [0.1, 0.15) is 11.5 Å². The van der Waals surface area contributed by atoms with Gasteiger partial charge in [0.05, 0.1) is 17.2 Å². The first kappa shape index (κ1) is 15.8. The second-order valence-electron chi connectivity index (χ2n) is 5.05. The van der Waals surface area contributed by atoms with Crippen molar-refractivity contribution >= 4 is 27.1 Å². The van der Waals surface area contributed by atoms with E-state index in [1.807, 2.05) is 32.0 Å². The van der Waals surface area contributed by atoms with Crippen molar-refractivity contribution in [3.05, 3.63) is 23.1 Å². The van der Waals surface area contributed by atoms with Crippen LogP contribution in [0.15, 0.2) is 23.2 Å². The third-order valence-corrected chi connectivity index (χ3v) is 4.65. The van der Waals surface area contributed by atoms with Crippen LogP contribution in [-0.2, 0) is 0 Å².